The largest absolute Gasteiger partial charge is 0.456 e. The van der Waals surface area contributed by atoms with Crippen LogP contribution in [0.25, 0.3) is 111 Å². The first-order valence-corrected chi connectivity index (χ1v) is 18.6. The van der Waals surface area contributed by atoms with Crippen LogP contribution < -0.4 is 0 Å². The van der Waals surface area contributed by atoms with Crippen molar-refractivity contribution in [1.82, 2.24) is 19.9 Å². The maximum Gasteiger partial charge on any atom is 0.164 e. The zero-order chi connectivity index (χ0) is 37.9. The zero-order valence-corrected chi connectivity index (χ0v) is 30.2. The van der Waals surface area contributed by atoms with Gasteiger partial charge in [0.2, 0.25) is 0 Å². The van der Waals surface area contributed by atoms with Crippen LogP contribution in [-0.2, 0) is 0 Å². The number of rotatable bonds is 6. The van der Waals surface area contributed by atoms with Crippen LogP contribution in [-0.4, -0.2) is 19.9 Å². The molecule has 7 heteroatoms. The smallest absolute Gasteiger partial charge is 0.164 e. The molecule has 57 heavy (non-hydrogen) atoms. The Morgan fingerprint density at radius 1 is 0.351 bits per heavy atom. The molecule has 11 rings (SSSR count). The van der Waals surface area contributed by atoms with E-state index >= 15 is 0 Å². The monoisotopic (exact) mass is 736 g/mol. The van der Waals surface area contributed by atoms with Crippen LogP contribution in [0.2, 0.25) is 0 Å². The molecular weight excluding hydrogens is 708 g/mol. The van der Waals surface area contributed by atoms with Gasteiger partial charge in [0, 0.05) is 56.2 Å². The molecule has 0 atom stereocenters. The number of halogens is 1. The molecule has 0 fully saturated rings. The van der Waals surface area contributed by atoms with Gasteiger partial charge >= 0.3 is 0 Å². The fourth-order valence-electron chi connectivity index (χ4n) is 7.71. The van der Waals surface area contributed by atoms with Gasteiger partial charge in [0.25, 0.3) is 0 Å². The Morgan fingerprint density at radius 2 is 0.860 bits per heavy atom. The van der Waals surface area contributed by atoms with Gasteiger partial charge in [-0.05, 0) is 113 Å². The van der Waals surface area contributed by atoms with E-state index in [1.807, 2.05) is 91.1 Å². The van der Waals surface area contributed by atoms with Crippen molar-refractivity contribution in [2.75, 3.05) is 0 Å². The van der Waals surface area contributed by atoms with Crippen molar-refractivity contribution >= 4 is 43.9 Å². The predicted molar refractivity (Wildman–Crippen MR) is 225 cm³/mol. The van der Waals surface area contributed by atoms with Crippen LogP contribution in [0.4, 0.5) is 4.39 Å². The summed E-state index contributed by atoms with van der Waals surface area (Å²) in [6.07, 6.45) is 3.58. The Labute approximate surface area is 325 Å². The third-order valence-electron chi connectivity index (χ3n) is 10.5. The molecule has 0 aliphatic rings. The highest BCUT2D eigenvalue weighted by atomic mass is 19.1. The molecule has 0 saturated carbocycles. The van der Waals surface area contributed by atoms with E-state index in [9.17, 15) is 4.39 Å². The number of hydrogen-bond acceptors (Lipinski definition) is 6. The van der Waals surface area contributed by atoms with E-state index < -0.39 is 0 Å². The summed E-state index contributed by atoms with van der Waals surface area (Å²) < 4.78 is 26.6. The normalized spacial score (nSPS) is 11.6. The van der Waals surface area contributed by atoms with Crippen LogP contribution in [0.1, 0.15) is 0 Å². The number of benzene rings is 7. The fourth-order valence-corrected chi connectivity index (χ4v) is 7.71. The Balaban J connectivity index is 1.15. The third-order valence-corrected chi connectivity index (χ3v) is 10.5. The quantitative estimate of drug-likeness (QED) is 0.169. The second kappa shape index (κ2) is 13.2. The molecule has 7 aromatic carbocycles. The number of furan rings is 2. The fraction of sp³-hybridized carbons (Fsp3) is 0. The second-order valence-electron chi connectivity index (χ2n) is 14.0. The van der Waals surface area contributed by atoms with Crippen molar-refractivity contribution < 1.29 is 13.2 Å². The Kier molecular flexibility index (Phi) is 7.57. The van der Waals surface area contributed by atoms with E-state index in [0.29, 0.717) is 23.0 Å². The van der Waals surface area contributed by atoms with E-state index in [0.717, 1.165) is 88.4 Å². The van der Waals surface area contributed by atoms with Crippen molar-refractivity contribution in [1.29, 1.82) is 0 Å². The highest BCUT2D eigenvalue weighted by Gasteiger charge is 2.19. The second-order valence-corrected chi connectivity index (χ2v) is 14.0. The average Bonchev–Trinajstić information content (AvgIpc) is 3.84. The molecule has 0 amide bonds. The zero-order valence-electron chi connectivity index (χ0n) is 30.2. The summed E-state index contributed by atoms with van der Waals surface area (Å²) >= 11 is 0. The first-order chi connectivity index (χ1) is 28.1. The van der Waals surface area contributed by atoms with Gasteiger partial charge in [-0.3, -0.25) is 4.98 Å². The van der Waals surface area contributed by atoms with E-state index in [-0.39, 0.29) is 5.82 Å². The third kappa shape index (κ3) is 5.81. The van der Waals surface area contributed by atoms with Gasteiger partial charge in [0.15, 0.2) is 17.5 Å². The molecule has 4 heterocycles. The van der Waals surface area contributed by atoms with Crippen molar-refractivity contribution in [3.05, 3.63) is 182 Å². The molecule has 0 spiro atoms. The molecule has 0 unspecified atom stereocenters. The van der Waals surface area contributed by atoms with Gasteiger partial charge in [0.05, 0.1) is 0 Å². The summed E-state index contributed by atoms with van der Waals surface area (Å²) in [5.41, 5.74) is 11.5. The molecule has 0 N–H and O–H groups in total. The molecule has 268 valence electrons. The van der Waals surface area contributed by atoms with Gasteiger partial charge in [-0.1, -0.05) is 78.9 Å². The Morgan fingerprint density at radius 3 is 1.47 bits per heavy atom. The molecule has 11 aromatic rings. The highest BCUT2D eigenvalue weighted by Crippen LogP contribution is 2.39. The maximum absolute atomic E-state index is 14.2. The van der Waals surface area contributed by atoms with Crippen LogP contribution in [0, 0.1) is 5.82 Å². The summed E-state index contributed by atoms with van der Waals surface area (Å²) in [5.74, 6) is 1.06. The summed E-state index contributed by atoms with van der Waals surface area (Å²) in [4.78, 5) is 19.7. The molecular formula is C50H29FN4O2. The van der Waals surface area contributed by atoms with E-state index in [1.54, 1.807) is 18.3 Å². The minimum Gasteiger partial charge on any atom is -0.456 e. The summed E-state index contributed by atoms with van der Waals surface area (Å²) in [7, 11) is 0. The van der Waals surface area contributed by atoms with Crippen molar-refractivity contribution in [2.24, 2.45) is 0 Å². The number of fused-ring (bicyclic) bond motifs is 6. The predicted octanol–water partition coefficient (Wildman–Crippen LogP) is 13.2. The lowest BCUT2D eigenvalue weighted by Crippen LogP contribution is -2.01. The molecule has 0 radical (unpaired) electrons. The lowest BCUT2D eigenvalue weighted by molar-refractivity contribution is 0.628. The van der Waals surface area contributed by atoms with E-state index in [1.165, 1.54) is 12.1 Å². The molecule has 6 nitrogen and oxygen atoms in total. The number of hydrogen-bond donors (Lipinski definition) is 0. The molecule has 0 aliphatic carbocycles. The molecule has 0 aliphatic heterocycles. The van der Waals surface area contributed by atoms with Crippen molar-refractivity contribution in [3.63, 3.8) is 0 Å². The Hall–Kier alpha value is -7.77. The van der Waals surface area contributed by atoms with Gasteiger partial charge in [-0.25, -0.2) is 19.3 Å². The van der Waals surface area contributed by atoms with Crippen molar-refractivity contribution in [3.8, 4) is 67.5 Å². The average molecular weight is 737 g/mol. The summed E-state index contributed by atoms with van der Waals surface area (Å²) in [6, 6.07) is 53.4. The molecule has 0 saturated heterocycles. The standard InChI is InChI=1S/C50H29FN4O2/c51-37-19-15-30(16-20-37)48-53-49(55-50(54-48)41-12-2-1-9-38(41)33-8-7-23-52-29-33)36-25-34(31-17-21-46-42(27-31)39-10-3-5-13-44(39)56-46)24-35(26-36)32-18-22-47-43(28-32)40-11-4-6-14-45(40)57-47/h1-29H. The number of aromatic nitrogens is 4. The minimum absolute atomic E-state index is 0.336. The number of para-hydroxylation sites is 2. The van der Waals surface area contributed by atoms with Crippen LogP contribution in [0.3, 0.4) is 0 Å². The molecule has 0 bridgehead atoms. The molecule has 4 aromatic heterocycles. The summed E-state index contributed by atoms with van der Waals surface area (Å²) in [6.45, 7) is 0. The topological polar surface area (TPSA) is 77.8 Å². The van der Waals surface area contributed by atoms with Crippen molar-refractivity contribution in [2.45, 2.75) is 0 Å². The van der Waals surface area contributed by atoms with Gasteiger partial charge in [-0.2, -0.15) is 0 Å². The first kappa shape index (κ1) is 32.6. The van der Waals surface area contributed by atoms with Crippen LogP contribution in [0.5, 0.6) is 0 Å². The maximum atomic E-state index is 14.2. The first-order valence-electron chi connectivity index (χ1n) is 18.6. The van der Waals surface area contributed by atoms with Crippen LogP contribution >= 0.6 is 0 Å². The van der Waals surface area contributed by atoms with Gasteiger partial charge < -0.3 is 8.83 Å². The van der Waals surface area contributed by atoms with Gasteiger partial charge in [0.1, 0.15) is 28.1 Å². The van der Waals surface area contributed by atoms with E-state index in [2.05, 4.69) is 59.6 Å². The number of nitrogens with zero attached hydrogens (tertiary/aromatic N) is 4. The number of pyridine rings is 1. The lowest BCUT2D eigenvalue weighted by atomic mass is 9.94. The van der Waals surface area contributed by atoms with Crippen LogP contribution in [0.15, 0.2) is 185 Å². The lowest BCUT2D eigenvalue weighted by Gasteiger charge is -2.14. The minimum atomic E-state index is -0.336. The summed E-state index contributed by atoms with van der Waals surface area (Å²) in [5, 5.41) is 4.19. The Bertz CT molecular complexity index is 3180. The van der Waals surface area contributed by atoms with Gasteiger partial charge in [-0.15, -0.1) is 0 Å². The van der Waals surface area contributed by atoms with E-state index in [4.69, 9.17) is 23.8 Å². The SMILES string of the molecule is Fc1ccc(-c2nc(-c3cc(-c4ccc5oc6ccccc6c5c4)cc(-c4ccc5oc6ccccc6c5c4)c3)nc(-c3ccccc3-c3cccnc3)n2)cc1. The highest BCUT2D eigenvalue weighted by molar-refractivity contribution is 6.07.